The SMILES string of the molecule is C=CC(=O)Nc1cc(Nc2nccc(-c3cn(C)c4ccccc34)n2)c(=O)[nH]c1N(C)CCN(C)C. The second-order valence-electron chi connectivity index (χ2n) is 8.75. The number of fused-ring (bicyclic) bond motifs is 1. The van der Waals surface area contributed by atoms with Gasteiger partial charge in [-0.1, -0.05) is 24.8 Å². The van der Waals surface area contributed by atoms with Crippen molar-refractivity contribution in [2.24, 2.45) is 7.05 Å². The Morgan fingerprint density at radius 3 is 2.69 bits per heavy atom. The molecule has 3 heterocycles. The van der Waals surface area contributed by atoms with Gasteiger partial charge >= 0.3 is 0 Å². The van der Waals surface area contributed by atoms with Crippen molar-refractivity contribution in [2.45, 2.75) is 0 Å². The number of pyridine rings is 1. The Bertz CT molecular complexity index is 1470. The lowest BCUT2D eigenvalue weighted by Crippen LogP contribution is -2.31. The number of hydrogen-bond donors (Lipinski definition) is 3. The molecule has 186 valence electrons. The molecule has 10 heteroatoms. The lowest BCUT2D eigenvalue weighted by Gasteiger charge is -2.24. The third kappa shape index (κ3) is 5.28. The van der Waals surface area contributed by atoms with Gasteiger partial charge in [-0.25, -0.2) is 9.97 Å². The van der Waals surface area contributed by atoms with Crippen LogP contribution in [0, 0.1) is 0 Å². The number of nitrogens with zero attached hydrogens (tertiary/aromatic N) is 5. The number of carbonyl (C=O) groups excluding carboxylic acids is 1. The Hall–Kier alpha value is -4.44. The molecule has 0 aliphatic rings. The van der Waals surface area contributed by atoms with Crippen LogP contribution in [0.4, 0.5) is 23.1 Å². The molecule has 3 aromatic heterocycles. The predicted molar refractivity (Wildman–Crippen MR) is 145 cm³/mol. The van der Waals surface area contributed by atoms with E-state index in [9.17, 15) is 9.59 Å². The fourth-order valence-corrected chi connectivity index (χ4v) is 3.89. The lowest BCUT2D eigenvalue weighted by molar-refractivity contribution is -0.111. The number of aryl methyl sites for hydroxylation is 1. The molecular formula is C26H30N8O2. The number of aromatic amines is 1. The van der Waals surface area contributed by atoms with Gasteiger partial charge in [0.25, 0.3) is 5.56 Å². The van der Waals surface area contributed by atoms with Crippen molar-refractivity contribution in [3.05, 3.63) is 71.8 Å². The minimum absolute atomic E-state index is 0.203. The van der Waals surface area contributed by atoms with Crippen LogP contribution >= 0.6 is 0 Å². The number of benzene rings is 1. The quantitative estimate of drug-likeness (QED) is 0.312. The van der Waals surface area contributed by atoms with Crippen molar-refractivity contribution in [3.8, 4) is 11.3 Å². The van der Waals surface area contributed by atoms with Gasteiger partial charge in [-0.2, -0.15) is 0 Å². The highest BCUT2D eigenvalue weighted by atomic mass is 16.1. The van der Waals surface area contributed by atoms with Gasteiger partial charge in [0.15, 0.2) is 0 Å². The normalized spacial score (nSPS) is 11.0. The Kier molecular flexibility index (Phi) is 7.16. The number of anilines is 4. The first-order valence-corrected chi connectivity index (χ1v) is 11.5. The molecule has 0 radical (unpaired) electrons. The summed E-state index contributed by atoms with van der Waals surface area (Å²) in [6.45, 7) is 4.93. The summed E-state index contributed by atoms with van der Waals surface area (Å²) in [5, 5.41) is 6.86. The number of likely N-dealkylation sites (N-methyl/N-ethyl adjacent to an activating group) is 2. The number of carbonyl (C=O) groups is 1. The van der Waals surface area contributed by atoms with E-state index in [1.54, 1.807) is 12.3 Å². The van der Waals surface area contributed by atoms with Gasteiger partial charge in [-0.3, -0.25) is 9.59 Å². The van der Waals surface area contributed by atoms with Gasteiger partial charge in [-0.05, 0) is 38.4 Å². The summed E-state index contributed by atoms with van der Waals surface area (Å²) in [5.41, 5.74) is 3.05. The van der Waals surface area contributed by atoms with E-state index in [4.69, 9.17) is 0 Å². The van der Waals surface area contributed by atoms with Crippen molar-refractivity contribution in [1.82, 2.24) is 24.4 Å². The lowest BCUT2D eigenvalue weighted by atomic mass is 10.1. The summed E-state index contributed by atoms with van der Waals surface area (Å²) in [5.74, 6) is 0.373. The van der Waals surface area contributed by atoms with Crippen LogP contribution in [0.5, 0.6) is 0 Å². The van der Waals surface area contributed by atoms with Crippen molar-refractivity contribution in [1.29, 1.82) is 0 Å². The first-order valence-electron chi connectivity index (χ1n) is 11.5. The number of aromatic nitrogens is 4. The topological polar surface area (TPSA) is 111 Å². The zero-order valence-electron chi connectivity index (χ0n) is 20.9. The highest BCUT2D eigenvalue weighted by Gasteiger charge is 2.16. The van der Waals surface area contributed by atoms with Gasteiger partial charge in [0.1, 0.15) is 11.5 Å². The van der Waals surface area contributed by atoms with Crippen molar-refractivity contribution in [3.63, 3.8) is 0 Å². The second-order valence-corrected chi connectivity index (χ2v) is 8.75. The fraction of sp³-hybridized carbons (Fsp3) is 0.231. The first-order chi connectivity index (χ1) is 17.3. The number of rotatable bonds is 9. The summed E-state index contributed by atoms with van der Waals surface area (Å²) in [4.78, 5) is 40.8. The van der Waals surface area contributed by atoms with Crippen LogP contribution in [-0.2, 0) is 11.8 Å². The van der Waals surface area contributed by atoms with Gasteiger partial charge in [0.05, 0.1) is 11.4 Å². The van der Waals surface area contributed by atoms with Crippen LogP contribution in [0.25, 0.3) is 22.2 Å². The van der Waals surface area contributed by atoms with Crippen molar-refractivity contribution >= 4 is 40.0 Å². The van der Waals surface area contributed by atoms with Crippen LogP contribution in [0.15, 0.2) is 66.2 Å². The Morgan fingerprint density at radius 1 is 1.17 bits per heavy atom. The summed E-state index contributed by atoms with van der Waals surface area (Å²) in [6.07, 6.45) is 4.84. The number of hydrogen-bond acceptors (Lipinski definition) is 7. The van der Waals surface area contributed by atoms with Crippen LogP contribution in [0.1, 0.15) is 0 Å². The maximum absolute atomic E-state index is 13.0. The van der Waals surface area contributed by atoms with Crippen LogP contribution in [-0.4, -0.2) is 64.6 Å². The molecule has 0 aliphatic carbocycles. The van der Waals surface area contributed by atoms with E-state index in [2.05, 4.69) is 38.2 Å². The summed E-state index contributed by atoms with van der Waals surface area (Å²) in [7, 11) is 7.77. The molecule has 0 unspecified atom stereocenters. The smallest absolute Gasteiger partial charge is 0.273 e. The number of nitrogens with one attached hydrogen (secondary N) is 3. The molecule has 0 aliphatic heterocycles. The Labute approximate surface area is 209 Å². The third-order valence-corrected chi connectivity index (χ3v) is 5.80. The molecule has 1 aromatic carbocycles. The van der Waals surface area contributed by atoms with Crippen molar-refractivity contribution in [2.75, 3.05) is 49.8 Å². The summed E-state index contributed by atoms with van der Waals surface area (Å²) >= 11 is 0. The molecule has 4 aromatic rings. The van der Waals surface area contributed by atoms with E-state index in [0.717, 1.165) is 28.7 Å². The maximum Gasteiger partial charge on any atom is 0.273 e. The van der Waals surface area contributed by atoms with Gasteiger partial charge in [0, 0.05) is 56.0 Å². The zero-order chi connectivity index (χ0) is 25.8. The van der Waals surface area contributed by atoms with Gasteiger partial charge in [0.2, 0.25) is 11.9 Å². The second kappa shape index (κ2) is 10.4. The van der Waals surface area contributed by atoms with E-state index in [1.807, 2.05) is 73.0 Å². The standard InChI is InChI=1S/C26H30N8O2/c1-6-23(35)28-20-15-21(25(36)31-24(20)33(4)14-13-32(2)3)30-26-27-12-11-19(29-26)18-16-34(5)22-10-8-7-9-17(18)22/h6-12,15-16H,1,13-14H2,2-5H3,(H,28,35)(H,31,36)(H,27,29,30). The molecule has 10 nitrogen and oxygen atoms in total. The number of amides is 1. The molecular weight excluding hydrogens is 456 g/mol. The third-order valence-electron chi connectivity index (χ3n) is 5.80. The average Bonchev–Trinajstić information content (AvgIpc) is 3.21. The van der Waals surface area contributed by atoms with Crippen LogP contribution in [0.3, 0.4) is 0 Å². The van der Waals surface area contributed by atoms with E-state index in [0.29, 0.717) is 18.1 Å². The molecule has 0 saturated heterocycles. The van der Waals surface area contributed by atoms with Gasteiger partial charge in [-0.15, -0.1) is 0 Å². The molecule has 0 bridgehead atoms. The summed E-state index contributed by atoms with van der Waals surface area (Å²) < 4.78 is 2.05. The molecule has 0 saturated carbocycles. The molecule has 3 N–H and O–H groups in total. The highest BCUT2D eigenvalue weighted by Crippen LogP contribution is 2.30. The molecule has 0 fully saturated rings. The maximum atomic E-state index is 13.0. The monoisotopic (exact) mass is 486 g/mol. The molecule has 1 amide bonds. The van der Waals surface area contributed by atoms with Crippen LogP contribution in [0.2, 0.25) is 0 Å². The van der Waals surface area contributed by atoms with Crippen LogP contribution < -0.4 is 21.1 Å². The first kappa shape index (κ1) is 24.7. The molecule has 0 atom stereocenters. The summed E-state index contributed by atoms with van der Waals surface area (Å²) in [6, 6.07) is 11.5. The van der Waals surface area contributed by atoms with E-state index in [1.165, 1.54) is 6.08 Å². The average molecular weight is 487 g/mol. The van der Waals surface area contributed by atoms with E-state index in [-0.39, 0.29) is 23.1 Å². The fourth-order valence-electron chi connectivity index (χ4n) is 3.89. The predicted octanol–water partition coefficient (Wildman–Crippen LogP) is 3.19. The largest absolute Gasteiger partial charge is 0.358 e. The molecule has 0 spiro atoms. The minimum atomic E-state index is -0.385. The zero-order valence-corrected chi connectivity index (χ0v) is 20.9. The Balaban J connectivity index is 1.68. The van der Waals surface area contributed by atoms with Gasteiger partial charge < -0.3 is 30.0 Å². The minimum Gasteiger partial charge on any atom is -0.358 e. The molecule has 36 heavy (non-hydrogen) atoms. The van der Waals surface area contributed by atoms with E-state index < -0.39 is 0 Å². The molecule has 4 rings (SSSR count). The number of para-hydroxylation sites is 1. The highest BCUT2D eigenvalue weighted by molar-refractivity contribution is 6.01. The van der Waals surface area contributed by atoms with E-state index >= 15 is 0 Å². The number of H-pyrrole nitrogens is 1. The van der Waals surface area contributed by atoms with Crippen molar-refractivity contribution < 1.29 is 4.79 Å². The Morgan fingerprint density at radius 2 is 1.94 bits per heavy atom.